The molecule has 2 saturated carbocycles. The van der Waals surface area contributed by atoms with Gasteiger partial charge < -0.3 is 0 Å². The Morgan fingerprint density at radius 3 is 2.82 bits per heavy atom. The summed E-state index contributed by atoms with van der Waals surface area (Å²) in [5, 5.41) is 0. The van der Waals surface area contributed by atoms with Crippen LogP contribution in [0.3, 0.4) is 0 Å². The van der Waals surface area contributed by atoms with Gasteiger partial charge in [-0.1, -0.05) is 13.3 Å². The number of Topliss-reactive ketones (excluding diaryl/α,β-unsaturated/α-hetero) is 1. The smallest absolute Gasteiger partial charge is 0.136 e. The third-order valence-corrected chi connectivity index (χ3v) is 3.64. The van der Waals surface area contributed by atoms with Crippen molar-refractivity contribution in [1.82, 2.24) is 0 Å². The molecule has 2 aliphatic carbocycles. The van der Waals surface area contributed by atoms with E-state index in [-0.39, 0.29) is 0 Å². The van der Waals surface area contributed by atoms with Gasteiger partial charge in [0.05, 0.1) is 0 Å². The lowest BCUT2D eigenvalue weighted by atomic mass is 9.69. The molecule has 1 nitrogen and oxygen atoms in total. The van der Waals surface area contributed by atoms with Crippen LogP contribution in [0.15, 0.2) is 0 Å². The van der Waals surface area contributed by atoms with Crippen LogP contribution in [0.5, 0.6) is 0 Å². The Kier molecular flexibility index (Phi) is 1.55. The molecule has 0 spiro atoms. The second-order valence-corrected chi connectivity index (χ2v) is 4.42. The fourth-order valence-corrected chi connectivity index (χ4v) is 2.92. The SMILES string of the molecule is CC12CCCC(=O)[C@@H]1CCC2. The maximum Gasteiger partial charge on any atom is 0.136 e. The van der Waals surface area contributed by atoms with Gasteiger partial charge in [0.1, 0.15) is 5.78 Å². The predicted octanol–water partition coefficient (Wildman–Crippen LogP) is 2.55. The van der Waals surface area contributed by atoms with Crippen LogP contribution >= 0.6 is 0 Å². The van der Waals surface area contributed by atoms with Crippen molar-refractivity contribution in [2.24, 2.45) is 11.3 Å². The van der Waals surface area contributed by atoms with Crippen LogP contribution in [0.2, 0.25) is 0 Å². The third kappa shape index (κ3) is 1.02. The highest BCUT2D eigenvalue weighted by Gasteiger charge is 2.44. The fourth-order valence-electron chi connectivity index (χ4n) is 2.92. The Labute approximate surface area is 68.2 Å². The lowest BCUT2D eigenvalue weighted by molar-refractivity contribution is -0.128. The second-order valence-electron chi connectivity index (χ2n) is 4.42. The Morgan fingerprint density at radius 2 is 2.09 bits per heavy atom. The first-order valence-electron chi connectivity index (χ1n) is 4.75. The summed E-state index contributed by atoms with van der Waals surface area (Å²) in [4.78, 5) is 11.5. The van der Waals surface area contributed by atoms with E-state index in [4.69, 9.17) is 0 Å². The molecule has 2 rings (SSSR count). The summed E-state index contributed by atoms with van der Waals surface area (Å²) in [6, 6.07) is 0. The number of fused-ring (bicyclic) bond motifs is 1. The predicted molar refractivity (Wildman–Crippen MR) is 44.3 cm³/mol. The van der Waals surface area contributed by atoms with Gasteiger partial charge in [-0.3, -0.25) is 4.79 Å². The number of ketones is 1. The van der Waals surface area contributed by atoms with Gasteiger partial charge in [-0.15, -0.1) is 0 Å². The number of carbonyl (C=O) groups excluding carboxylic acids is 1. The summed E-state index contributed by atoms with van der Waals surface area (Å²) in [7, 11) is 0. The Bertz CT molecular complexity index is 185. The zero-order valence-corrected chi connectivity index (χ0v) is 7.23. The third-order valence-electron chi connectivity index (χ3n) is 3.64. The topological polar surface area (TPSA) is 17.1 Å². The minimum absolute atomic E-state index is 0.412. The molecule has 0 saturated heterocycles. The summed E-state index contributed by atoms with van der Waals surface area (Å²) in [6.07, 6.45) is 7.06. The second kappa shape index (κ2) is 2.33. The molecule has 62 valence electrons. The van der Waals surface area contributed by atoms with Crippen molar-refractivity contribution in [2.45, 2.75) is 45.4 Å². The average molecular weight is 152 g/mol. The number of rotatable bonds is 0. The van der Waals surface area contributed by atoms with Crippen LogP contribution in [-0.4, -0.2) is 5.78 Å². The molecule has 0 N–H and O–H groups in total. The largest absolute Gasteiger partial charge is 0.299 e. The molecule has 0 bridgehead atoms. The quantitative estimate of drug-likeness (QED) is 0.521. The summed E-state index contributed by atoms with van der Waals surface area (Å²) < 4.78 is 0. The maximum atomic E-state index is 11.5. The lowest BCUT2D eigenvalue weighted by Crippen LogP contribution is -2.32. The van der Waals surface area contributed by atoms with Gasteiger partial charge in [0.25, 0.3) is 0 Å². The van der Waals surface area contributed by atoms with Crippen molar-refractivity contribution in [2.75, 3.05) is 0 Å². The normalized spacial score (nSPS) is 44.1. The zero-order valence-electron chi connectivity index (χ0n) is 7.23. The van der Waals surface area contributed by atoms with E-state index in [0.29, 0.717) is 17.1 Å². The van der Waals surface area contributed by atoms with Gasteiger partial charge in [0.15, 0.2) is 0 Å². The van der Waals surface area contributed by atoms with E-state index in [1.807, 2.05) is 0 Å². The molecule has 0 heterocycles. The molecule has 0 amide bonds. The van der Waals surface area contributed by atoms with Crippen molar-refractivity contribution in [3.05, 3.63) is 0 Å². The lowest BCUT2D eigenvalue weighted by Gasteiger charge is -2.34. The molecule has 0 radical (unpaired) electrons. The molecule has 2 aliphatic rings. The Morgan fingerprint density at radius 1 is 1.36 bits per heavy atom. The van der Waals surface area contributed by atoms with Gasteiger partial charge in [0.2, 0.25) is 0 Å². The van der Waals surface area contributed by atoms with Crippen LogP contribution in [0.25, 0.3) is 0 Å². The summed E-state index contributed by atoms with van der Waals surface area (Å²) in [5.41, 5.74) is 0.412. The van der Waals surface area contributed by atoms with Gasteiger partial charge >= 0.3 is 0 Å². The number of hydrogen-bond donors (Lipinski definition) is 0. The molecule has 11 heavy (non-hydrogen) atoms. The van der Waals surface area contributed by atoms with Gasteiger partial charge in [-0.25, -0.2) is 0 Å². The molecule has 0 aliphatic heterocycles. The van der Waals surface area contributed by atoms with Crippen LogP contribution in [-0.2, 0) is 4.79 Å². The summed E-state index contributed by atoms with van der Waals surface area (Å²) >= 11 is 0. The first-order chi connectivity index (χ1) is 5.22. The molecule has 2 atom stereocenters. The summed E-state index contributed by atoms with van der Waals surface area (Å²) in [6.45, 7) is 2.31. The van der Waals surface area contributed by atoms with Gasteiger partial charge in [-0.2, -0.15) is 0 Å². The van der Waals surface area contributed by atoms with Crippen LogP contribution in [0.1, 0.15) is 45.4 Å². The molecule has 0 aromatic heterocycles. The van der Waals surface area contributed by atoms with Crippen molar-refractivity contribution in [1.29, 1.82) is 0 Å². The minimum atomic E-state index is 0.412. The monoisotopic (exact) mass is 152 g/mol. The standard InChI is InChI=1S/C10H16O/c1-10-6-2-4-8(10)9(11)5-3-7-10/h8H,2-7H2,1H3/t8-,10?/m0/s1. The molecule has 0 aromatic carbocycles. The number of carbonyl (C=O) groups is 1. The van der Waals surface area contributed by atoms with E-state index < -0.39 is 0 Å². The first kappa shape index (κ1) is 7.33. The maximum absolute atomic E-state index is 11.5. The van der Waals surface area contributed by atoms with E-state index in [1.54, 1.807) is 0 Å². The van der Waals surface area contributed by atoms with Crippen LogP contribution in [0.4, 0.5) is 0 Å². The molecular weight excluding hydrogens is 136 g/mol. The van der Waals surface area contributed by atoms with Gasteiger partial charge in [-0.05, 0) is 31.1 Å². The van der Waals surface area contributed by atoms with Crippen molar-refractivity contribution >= 4 is 5.78 Å². The highest BCUT2D eigenvalue weighted by Crippen LogP contribution is 2.50. The van der Waals surface area contributed by atoms with Crippen molar-refractivity contribution < 1.29 is 4.79 Å². The highest BCUT2D eigenvalue weighted by molar-refractivity contribution is 5.82. The Balaban J connectivity index is 2.22. The van der Waals surface area contributed by atoms with E-state index in [0.717, 1.165) is 12.8 Å². The van der Waals surface area contributed by atoms with E-state index in [9.17, 15) is 4.79 Å². The molecular formula is C10H16O. The van der Waals surface area contributed by atoms with Crippen LogP contribution < -0.4 is 0 Å². The first-order valence-corrected chi connectivity index (χ1v) is 4.75. The van der Waals surface area contributed by atoms with Gasteiger partial charge in [0, 0.05) is 12.3 Å². The molecule has 2 fully saturated rings. The van der Waals surface area contributed by atoms with Crippen molar-refractivity contribution in [3.63, 3.8) is 0 Å². The molecule has 1 heteroatoms. The van der Waals surface area contributed by atoms with E-state index in [2.05, 4.69) is 6.92 Å². The number of hydrogen-bond acceptors (Lipinski definition) is 1. The minimum Gasteiger partial charge on any atom is -0.299 e. The Hall–Kier alpha value is -0.330. The van der Waals surface area contributed by atoms with E-state index in [1.165, 1.54) is 25.7 Å². The van der Waals surface area contributed by atoms with E-state index >= 15 is 0 Å². The zero-order chi connectivity index (χ0) is 7.90. The fraction of sp³-hybridized carbons (Fsp3) is 0.900. The highest BCUT2D eigenvalue weighted by atomic mass is 16.1. The molecule has 0 aromatic rings. The van der Waals surface area contributed by atoms with Crippen LogP contribution in [0, 0.1) is 11.3 Å². The average Bonchev–Trinajstić information content (AvgIpc) is 2.31. The summed E-state index contributed by atoms with van der Waals surface area (Å²) in [5.74, 6) is 0.993. The molecule has 1 unspecified atom stereocenters. The van der Waals surface area contributed by atoms with Crippen molar-refractivity contribution in [3.8, 4) is 0 Å².